The summed E-state index contributed by atoms with van der Waals surface area (Å²) in [7, 11) is 0. The fourth-order valence-electron chi connectivity index (χ4n) is 1.47. The molecule has 1 rings (SSSR count). The highest BCUT2D eigenvalue weighted by molar-refractivity contribution is 14.1. The minimum atomic E-state index is -4.12. The number of hydrogen-bond donors (Lipinski definition) is 1. The number of likely N-dealkylation sites (tertiary alicyclic amines) is 1. The first-order valence-corrected chi connectivity index (χ1v) is 5.34. The van der Waals surface area contributed by atoms with Crippen LogP contribution in [0, 0.1) is 5.92 Å². The third kappa shape index (κ3) is 2.95. The maximum atomic E-state index is 12.3. The second-order valence-corrected chi connectivity index (χ2v) is 4.44. The molecule has 2 nitrogen and oxygen atoms in total. The van der Waals surface area contributed by atoms with E-state index in [0.717, 1.165) is 6.42 Å². The molecule has 1 aliphatic rings. The van der Waals surface area contributed by atoms with E-state index in [1.807, 2.05) is 0 Å². The smallest absolute Gasteiger partial charge is 0.330 e. The molecule has 1 fully saturated rings. The molecule has 1 saturated heterocycles. The molecule has 2 atom stereocenters. The zero-order valence-electron chi connectivity index (χ0n) is 7.02. The van der Waals surface area contributed by atoms with Crippen molar-refractivity contribution in [3.8, 4) is 0 Å². The molecule has 1 heterocycles. The summed E-state index contributed by atoms with van der Waals surface area (Å²) < 4.78 is 35.4. The molecule has 6 heteroatoms. The van der Waals surface area contributed by atoms with Crippen LogP contribution in [-0.4, -0.2) is 34.8 Å². The van der Waals surface area contributed by atoms with Crippen LogP contribution in [-0.2, 0) is 0 Å². The summed E-state index contributed by atoms with van der Waals surface area (Å²) in [5.74, 6) is 0.236. The average Bonchev–Trinajstić information content (AvgIpc) is 2.48. The Morgan fingerprint density at radius 1 is 1.54 bits per heavy atom. The van der Waals surface area contributed by atoms with Crippen molar-refractivity contribution in [3.63, 3.8) is 0 Å². The van der Waals surface area contributed by atoms with Crippen molar-refractivity contribution in [2.24, 2.45) is 11.7 Å². The van der Waals surface area contributed by atoms with Crippen LogP contribution in [0.3, 0.4) is 0 Å². The van der Waals surface area contributed by atoms with Gasteiger partial charge in [0.2, 0.25) is 0 Å². The molecule has 0 radical (unpaired) electrons. The number of alkyl halides is 4. The van der Waals surface area contributed by atoms with E-state index in [9.17, 15) is 13.2 Å². The van der Waals surface area contributed by atoms with Gasteiger partial charge in [-0.15, -0.1) is 0 Å². The molecule has 2 N–H and O–H groups in total. The zero-order valence-corrected chi connectivity index (χ0v) is 9.18. The molecule has 0 spiro atoms. The molecular formula is C7H12F3IN2. The monoisotopic (exact) mass is 308 g/mol. The standard InChI is InChI=1S/C7H12F3IN2/c8-7(9,10)6(11)13-2-1-5(3-12)4-13/h5-6H,1-4,12H2. The summed E-state index contributed by atoms with van der Waals surface area (Å²) in [6, 6.07) is 0. The summed E-state index contributed by atoms with van der Waals surface area (Å²) in [5.41, 5.74) is 5.39. The van der Waals surface area contributed by atoms with Crippen LogP contribution in [0.1, 0.15) is 6.42 Å². The van der Waals surface area contributed by atoms with Gasteiger partial charge >= 0.3 is 6.18 Å². The molecule has 13 heavy (non-hydrogen) atoms. The first-order valence-electron chi connectivity index (χ1n) is 4.10. The van der Waals surface area contributed by atoms with Crippen LogP contribution < -0.4 is 5.73 Å². The molecule has 0 aromatic carbocycles. The highest BCUT2D eigenvalue weighted by atomic mass is 127. The van der Waals surface area contributed by atoms with Crippen molar-refractivity contribution < 1.29 is 13.2 Å². The van der Waals surface area contributed by atoms with Crippen molar-refractivity contribution in [2.75, 3.05) is 19.6 Å². The number of nitrogens with zero attached hydrogens (tertiary/aromatic N) is 1. The third-order valence-corrected chi connectivity index (χ3v) is 3.74. The highest BCUT2D eigenvalue weighted by Gasteiger charge is 2.43. The molecule has 0 bridgehead atoms. The van der Waals surface area contributed by atoms with Crippen LogP contribution in [0.5, 0.6) is 0 Å². The van der Waals surface area contributed by atoms with E-state index in [-0.39, 0.29) is 5.92 Å². The Hall–Kier alpha value is 0.440. The largest absolute Gasteiger partial charge is 0.413 e. The molecule has 0 aromatic heterocycles. The Bertz CT molecular complexity index is 174. The van der Waals surface area contributed by atoms with Crippen molar-refractivity contribution >= 4 is 22.6 Å². The SMILES string of the molecule is NCC1CCN(C(I)C(F)(F)F)C1. The number of nitrogens with two attached hydrogens (primary N) is 1. The maximum absolute atomic E-state index is 12.3. The molecule has 2 unspecified atom stereocenters. The maximum Gasteiger partial charge on any atom is 0.413 e. The topological polar surface area (TPSA) is 29.3 Å². The molecule has 78 valence electrons. The molecule has 0 amide bonds. The van der Waals surface area contributed by atoms with Crippen LogP contribution in [0.25, 0.3) is 0 Å². The van der Waals surface area contributed by atoms with E-state index in [1.165, 1.54) is 27.5 Å². The Labute approximate surface area is 88.8 Å². The molecule has 1 aliphatic heterocycles. The van der Waals surface area contributed by atoms with Crippen LogP contribution >= 0.6 is 22.6 Å². The van der Waals surface area contributed by atoms with Gasteiger partial charge in [-0.25, -0.2) is 0 Å². The summed E-state index contributed by atoms with van der Waals surface area (Å²) in [6.07, 6.45) is -3.34. The number of rotatable bonds is 2. The quantitative estimate of drug-likeness (QED) is 0.477. The van der Waals surface area contributed by atoms with Gasteiger partial charge < -0.3 is 5.73 Å². The lowest BCUT2D eigenvalue weighted by atomic mass is 10.1. The first kappa shape index (κ1) is 11.5. The Morgan fingerprint density at radius 3 is 2.54 bits per heavy atom. The second kappa shape index (κ2) is 4.31. The lowest BCUT2D eigenvalue weighted by Crippen LogP contribution is -2.40. The lowest BCUT2D eigenvalue weighted by molar-refractivity contribution is -0.150. The van der Waals surface area contributed by atoms with Crippen LogP contribution in [0.2, 0.25) is 0 Å². The summed E-state index contributed by atoms with van der Waals surface area (Å²) in [4.78, 5) is 1.44. The number of hydrogen-bond acceptors (Lipinski definition) is 2. The predicted octanol–water partition coefficient (Wildman–Crippen LogP) is 1.59. The van der Waals surface area contributed by atoms with E-state index < -0.39 is 10.2 Å². The van der Waals surface area contributed by atoms with Gasteiger partial charge in [0.05, 0.1) is 0 Å². The lowest BCUT2D eigenvalue weighted by Gasteiger charge is -2.24. The van der Waals surface area contributed by atoms with Gasteiger partial charge in [-0.05, 0) is 25.4 Å². The van der Waals surface area contributed by atoms with E-state index in [1.54, 1.807) is 0 Å². The fraction of sp³-hybridized carbons (Fsp3) is 1.00. The molecule has 0 aliphatic carbocycles. The normalized spacial score (nSPS) is 27.9. The van der Waals surface area contributed by atoms with Gasteiger partial charge in [0.25, 0.3) is 0 Å². The van der Waals surface area contributed by atoms with Crippen molar-refractivity contribution in [1.82, 2.24) is 4.90 Å². The van der Waals surface area contributed by atoms with Crippen molar-refractivity contribution in [2.45, 2.75) is 16.6 Å². The average molecular weight is 308 g/mol. The van der Waals surface area contributed by atoms with E-state index in [4.69, 9.17) is 5.73 Å². The number of halogens is 4. The molecular weight excluding hydrogens is 296 g/mol. The molecule has 0 aromatic rings. The van der Waals surface area contributed by atoms with E-state index >= 15 is 0 Å². The first-order chi connectivity index (χ1) is 5.95. The third-order valence-electron chi connectivity index (χ3n) is 2.24. The minimum Gasteiger partial charge on any atom is -0.330 e. The van der Waals surface area contributed by atoms with Crippen molar-refractivity contribution in [3.05, 3.63) is 0 Å². The summed E-state index contributed by atoms with van der Waals surface area (Å²) in [5, 5.41) is 0. The fourth-order valence-corrected chi connectivity index (χ4v) is 1.97. The van der Waals surface area contributed by atoms with Gasteiger partial charge in [0.15, 0.2) is 4.05 Å². The van der Waals surface area contributed by atoms with Gasteiger partial charge in [0.1, 0.15) is 0 Å². The summed E-state index contributed by atoms with van der Waals surface area (Å²) in [6.45, 7) is 1.47. The van der Waals surface area contributed by atoms with Crippen LogP contribution in [0.15, 0.2) is 0 Å². The van der Waals surface area contributed by atoms with Crippen LogP contribution in [0.4, 0.5) is 13.2 Å². The van der Waals surface area contributed by atoms with E-state index in [2.05, 4.69) is 0 Å². The van der Waals surface area contributed by atoms with Crippen molar-refractivity contribution in [1.29, 1.82) is 0 Å². The predicted molar refractivity (Wildman–Crippen MR) is 52.6 cm³/mol. The van der Waals surface area contributed by atoms with Gasteiger partial charge in [0, 0.05) is 6.54 Å². The second-order valence-electron chi connectivity index (χ2n) is 3.26. The Balaban J connectivity index is 2.46. The van der Waals surface area contributed by atoms with Gasteiger partial charge in [-0.2, -0.15) is 13.2 Å². The van der Waals surface area contributed by atoms with Gasteiger partial charge in [-0.1, -0.05) is 22.6 Å². The highest BCUT2D eigenvalue weighted by Crippen LogP contribution is 2.32. The Morgan fingerprint density at radius 2 is 2.15 bits per heavy atom. The summed E-state index contributed by atoms with van der Waals surface area (Å²) >= 11 is 1.44. The zero-order chi connectivity index (χ0) is 10.1. The minimum absolute atomic E-state index is 0.236. The Kier molecular flexibility index (Phi) is 3.82. The van der Waals surface area contributed by atoms with E-state index in [0.29, 0.717) is 19.6 Å². The van der Waals surface area contributed by atoms with Gasteiger partial charge in [-0.3, -0.25) is 4.90 Å². The molecule has 0 saturated carbocycles.